The first-order chi connectivity index (χ1) is 16.5. The van der Waals surface area contributed by atoms with Crippen molar-refractivity contribution in [3.05, 3.63) is 80.8 Å². The first-order valence-corrected chi connectivity index (χ1v) is 11.8. The number of hydrogen-bond donors (Lipinski definition) is 2. The number of ether oxygens (including phenoxy) is 1. The predicted molar refractivity (Wildman–Crippen MR) is 141 cm³/mol. The summed E-state index contributed by atoms with van der Waals surface area (Å²) >= 11 is 0. The van der Waals surface area contributed by atoms with Crippen molar-refractivity contribution in [2.75, 3.05) is 0 Å². The zero-order valence-corrected chi connectivity index (χ0v) is 21.2. The Morgan fingerprint density at radius 1 is 1.03 bits per heavy atom. The molecule has 4 rings (SSSR count). The minimum Gasteiger partial charge on any atom is -0.508 e. The summed E-state index contributed by atoms with van der Waals surface area (Å²) in [5.41, 5.74) is 4.49. The van der Waals surface area contributed by atoms with Crippen LogP contribution in [0.4, 0.5) is 0 Å². The maximum absolute atomic E-state index is 13.7. The monoisotopic (exact) mass is 472 g/mol. The average Bonchev–Trinajstić information content (AvgIpc) is 2.77. The van der Waals surface area contributed by atoms with E-state index in [0.29, 0.717) is 52.0 Å². The first-order valence-electron chi connectivity index (χ1n) is 11.8. The topological polar surface area (TPSA) is 79.9 Å². The molecule has 0 amide bonds. The van der Waals surface area contributed by atoms with Crippen LogP contribution in [0.2, 0.25) is 0 Å². The Balaban J connectivity index is 1.97. The van der Waals surface area contributed by atoms with Gasteiger partial charge in [-0.2, -0.15) is 0 Å². The molecule has 35 heavy (non-hydrogen) atoms. The van der Waals surface area contributed by atoms with E-state index in [9.17, 15) is 15.0 Å². The van der Waals surface area contributed by atoms with Crippen molar-refractivity contribution in [2.45, 2.75) is 60.0 Å². The quantitative estimate of drug-likeness (QED) is 0.388. The van der Waals surface area contributed by atoms with Crippen LogP contribution in [0.3, 0.4) is 0 Å². The molecule has 1 aliphatic heterocycles. The largest absolute Gasteiger partial charge is 0.508 e. The first kappa shape index (κ1) is 24.4. The number of benzene rings is 2. The summed E-state index contributed by atoms with van der Waals surface area (Å²) in [5, 5.41) is 21.8. The zero-order chi connectivity index (χ0) is 25.5. The van der Waals surface area contributed by atoms with Gasteiger partial charge in [0.15, 0.2) is 5.58 Å². The third-order valence-corrected chi connectivity index (χ3v) is 6.13. The summed E-state index contributed by atoms with van der Waals surface area (Å²) in [6.07, 6.45) is 10.2. The van der Waals surface area contributed by atoms with E-state index >= 15 is 0 Å². The summed E-state index contributed by atoms with van der Waals surface area (Å²) in [5.74, 6) is 0.577. The van der Waals surface area contributed by atoms with Gasteiger partial charge in [-0.15, -0.1) is 0 Å². The molecule has 5 nitrogen and oxygen atoms in total. The van der Waals surface area contributed by atoms with Gasteiger partial charge in [0.25, 0.3) is 0 Å². The predicted octanol–water partition coefficient (Wildman–Crippen LogP) is 7.07. The van der Waals surface area contributed by atoms with Gasteiger partial charge in [-0.3, -0.25) is 4.79 Å². The van der Waals surface area contributed by atoms with E-state index < -0.39 is 5.60 Å². The van der Waals surface area contributed by atoms with Gasteiger partial charge in [-0.05, 0) is 89.8 Å². The highest BCUT2D eigenvalue weighted by Gasteiger charge is 2.30. The van der Waals surface area contributed by atoms with Crippen LogP contribution < -0.4 is 10.2 Å². The second-order valence-electron chi connectivity index (χ2n) is 10.1. The number of allylic oxidation sites excluding steroid dienone is 4. The van der Waals surface area contributed by atoms with Crippen LogP contribution in [0.15, 0.2) is 63.0 Å². The third-order valence-electron chi connectivity index (χ3n) is 6.13. The summed E-state index contributed by atoms with van der Waals surface area (Å²) in [4.78, 5) is 13.7. The van der Waals surface area contributed by atoms with Crippen molar-refractivity contribution in [3.8, 4) is 28.4 Å². The molecule has 2 heterocycles. The Morgan fingerprint density at radius 2 is 1.71 bits per heavy atom. The lowest BCUT2D eigenvalue weighted by atomic mass is 9.93. The highest BCUT2D eigenvalue weighted by atomic mass is 16.5. The van der Waals surface area contributed by atoms with Gasteiger partial charge in [0.1, 0.15) is 34.5 Å². The molecule has 0 saturated heterocycles. The van der Waals surface area contributed by atoms with Crippen molar-refractivity contribution < 1.29 is 19.4 Å². The molecule has 2 aromatic carbocycles. The van der Waals surface area contributed by atoms with Crippen molar-refractivity contribution >= 4 is 17.0 Å². The Hall–Kier alpha value is -3.73. The smallest absolute Gasteiger partial charge is 0.204 e. The molecule has 2 N–H and O–H groups in total. The lowest BCUT2D eigenvalue weighted by molar-refractivity contribution is 0.157. The molecule has 0 aliphatic carbocycles. The fraction of sp³-hybridized carbons (Fsp3) is 0.300. The van der Waals surface area contributed by atoms with Gasteiger partial charge >= 0.3 is 0 Å². The number of rotatable bonds is 5. The molecule has 1 aromatic heterocycles. The maximum atomic E-state index is 13.7. The Morgan fingerprint density at radius 3 is 2.40 bits per heavy atom. The molecule has 3 aromatic rings. The van der Waals surface area contributed by atoms with Crippen LogP contribution >= 0.6 is 0 Å². The summed E-state index contributed by atoms with van der Waals surface area (Å²) in [6, 6.07) is 5.06. The fourth-order valence-corrected chi connectivity index (χ4v) is 4.18. The minimum atomic E-state index is -0.555. The molecule has 0 fully saturated rings. The lowest BCUT2D eigenvalue weighted by Gasteiger charge is -2.30. The van der Waals surface area contributed by atoms with Gasteiger partial charge in [-0.25, -0.2) is 0 Å². The SMILES string of the molecule is CC(C)=CCc1cc(-c2coc3c4c(c(CC=C(C)C)c(O)c3c2=O)OC(C)(C)C=C4)ccc1O. The maximum Gasteiger partial charge on any atom is 0.204 e. The Labute approximate surface area is 205 Å². The van der Waals surface area contributed by atoms with E-state index in [0.717, 1.165) is 11.1 Å². The van der Waals surface area contributed by atoms with Crippen LogP contribution in [0, 0.1) is 0 Å². The zero-order valence-electron chi connectivity index (χ0n) is 21.2. The van der Waals surface area contributed by atoms with Crippen molar-refractivity contribution in [3.63, 3.8) is 0 Å². The molecular formula is C30H32O5. The summed E-state index contributed by atoms with van der Waals surface area (Å²) < 4.78 is 12.2. The molecular weight excluding hydrogens is 440 g/mol. The van der Waals surface area contributed by atoms with Gasteiger partial charge in [0.2, 0.25) is 5.43 Å². The molecule has 0 radical (unpaired) electrons. The molecule has 182 valence electrons. The van der Waals surface area contributed by atoms with Crippen molar-refractivity contribution in [1.29, 1.82) is 0 Å². The average molecular weight is 473 g/mol. The molecule has 0 bridgehead atoms. The third kappa shape index (κ3) is 4.76. The van der Waals surface area contributed by atoms with Crippen LogP contribution in [-0.4, -0.2) is 15.8 Å². The van der Waals surface area contributed by atoms with Crippen molar-refractivity contribution in [2.24, 2.45) is 0 Å². The second-order valence-corrected chi connectivity index (χ2v) is 10.1. The number of phenolic OH excluding ortho intramolecular Hbond substituents is 2. The van der Waals surface area contributed by atoms with E-state index in [4.69, 9.17) is 9.15 Å². The molecule has 0 spiro atoms. The van der Waals surface area contributed by atoms with Crippen LogP contribution in [0.25, 0.3) is 28.2 Å². The number of hydrogen-bond acceptors (Lipinski definition) is 5. The van der Waals surface area contributed by atoms with E-state index in [1.807, 2.05) is 65.8 Å². The van der Waals surface area contributed by atoms with Gasteiger partial charge in [-0.1, -0.05) is 29.4 Å². The highest BCUT2D eigenvalue weighted by Crippen LogP contribution is 2.45. The Kier molecular flexibility index (Phi) is 6.37. The lowest BCUT2D eigenvalue weighted by Crippen LogP contribution is -2.28. The van der Waals surface area contributed by atoms with Crippen molar-refractivity contribution in [1.82, 2.24) is 0 Å². The molecule has 0 saturated carbocycles. The van der Waals surface area contributed by atoms with Gasteiger partial charge in [0.05, 0.1) is 11.1 Å². The molecule has 1 aliphatic rings. The van der Waals surface area contributed by atoms with Crippen LogP contribution in [-0.2, 0) is 12.8 Å². The normalized spacial score (nSPS) is 13.8. The number of phenols is 2. The summed E-state index contributed by atoms with van der Waals surface area (Å²) in [6.45, 7) is 11.8. The van der Waals surface area contributed by atoms with Gasteiger partial charge in [0, 0.05) is 5.56 Å². The van der Waals surface area contributed by atoms with E-state index in [-0.39, 0.29) is 22.3 Å². The van der Waals surface area contributed by atoms with Crippen LogP contribution in [0.1, 0.15) is 58.2 Å². The summed E-state index contributed by atoms with van der Waals surface area (Å²) in [7, 11) is 0. The molecule has 5 heteroatoms. The number of aromatic hydroxyl groups is 2. The van der Waals surface area contributed by atoms with E-state index in [2.05, 4.69) is 0 Å². The van der Waals surface area contributed by atoms with Gasteiger partial charge < -0.3 is 19.4 Å². The molecule has 0 unspecified atom stereocenters. The highest BCUT2D eigenvalue weighted by molar-refractivity contribution is 5.97. The van der Waals surface area contributed by atoms with Crippen LogP contribution in [0.5, 0.6) is 17.2 Å². The Bertz CT molecular complexity index is 1460. The van der Waals surface area contributed by atoms with E-state index in [1.54, 1.807) is 18.2 Å². The number of fused-ring (bicyclic) bond motifs is 3. The van der Waals surface area contributed by atoms with E-state index in [1.165, 1.54) is 6.26 Å². The minimum absolute atomic E-state index is 0.124. The second kappa shape index (κ2) is 9.14. The fourth-order valence-electron chi connectivity index (χ4n) is 4.18. The molecule has 0 atom stereocenters. The standard InChI is InChI=1S/C30H32O5/c1-17(2)7-9-20-15-19(10-12-24(20)31)23-16-34-29-22-13-14-30(5,6)35-28(22)21(11-8-18(3)4)26(32)25(29)27(23)33/h7-8,10,12-16,31-32H,9,11H2,1-6H3.